The number of halogens is 1. The van der Waals surface area contributed by atoms with Crippen LogP contribution >= 0.6 is 11.6 Å². The highest BCUT2D eigenvalue weighted by Gasteiger charge is 2.04. The molecule has 0 aromatic carbocycles. The summed E-state index contributed by atoms with van der Waals surface area (Å²) in [5.74, 6) is 2.47. The summed E-state index contributed by atoms with van der Waals surface area (Å²) in [6.45, 7) is 6.81. The molecule has 0 saturated carbocycles. The van der Waals surface area contributed by atoms with Gasteiger partial charge in [-0.05, 0) is 24.7 Å². The summed E-state index contributed by atoms with van der Waals surface area (Å²) in [6, 6.07) is 0. The van der Waals surface area contributed by atoms with Crippen LogP contribution in [0.3, 0.4) is 0 Å². The molecule has 0 fully saturated rings. The second-order valence-electron chi connectivity index (χ2n) is 3.05. The first-order valence-corrected chi connectivity index (χ1v) is 4.28. The SMILES string of the molecule is CC(C)C(C)CCCCl. The molecule has 9 heavy (non-hydrogen) atoms. The minimum absolute atomic E-state index is 0.813. The van der Waals surface area contributed by atoms with Gasteiger partial charge >= 0.3 is 0 Å². The first kappa shape index (κ1) is 9.29. The summed E-state index contributed by atoms with van der Waals surface area (Å²) in [6.07, 6.45) is 2.45. The van der Waals surface area contributed by atoms with E-state index in [1.165, 1.54) is 12.8 Å². The lowest BCUT2D eigenvalue weighted by atomic mass is 9.94. The Hall–Kier alpha value is 0.290. The van der Waals surface area contributed by atoms with Crippen molar-refractivity contribution in [2.45, 2.75) is 33.6 Å². The van der Waals surface area contributed by atoms with Crippen LogP contribution in [0, 0.1) is 11.8 Å². The summed E-state index contributed by atoms with van der Waals surface area (Å²) >= 11 is 5.55. The second-order valence-corrected chi connectivity index (χ2v) is 3.43. The van der Waals surface area contributed by atoms with Crippen LogP contribution in [0.25, 0.3) is 0 Å². The Morgan fingerprint density at radius 2 is 1.78 bits per heavy atom. The maximum Gasteiger partial charge on any atom is 0.0223 e. The molecular formula is C8H17Cl. The van der Waals surface area contributed by atoms with Gasteiger partial charge < -0.3 is 0 Å². The minimum atomic E-state index is 0.813. The predicted octanol–water partition coefficient (Wildman–Crippen LogP) is 3.30. The molecule has 0 aliphatic heterocycles. The fourth-order valence-corrected chi connectivity index (χ4v) is 0.887. The van der Waals surface area contributed by atoms with Crippen molar-refractivity contribution in [3.63, 3.8) is 0 Å². The lowest BCUT2D eigenvalue weighted by molar-refractivity contribution is 0.389. The normalized spacial score (nSPS) is 14.3. The van der Waals surface area contributed by atoms with E-state index >= 15 is 0 Å². The van der Waals surface area contributed by atoms with Crippen LogP contribution in [0.4, 0.5) is 0 Å². The highest BCUT2D eigenvalue weighted by Crippen LogP contribution is 2.15. The van der Waals surface area contributed by atoms with Crippen LogP contribution in [-0.2, 0) is 0 Å². The average Bonchev–Trinajstić information content (AvgIpc) is 1.82. The van der Waals surface area contributed by atoms with E-state index in [0.29, 0.717) is 0 Å². The molecule has 56 valence electrons. The Morgan fingerprint density at radius 1 is 1.22 bits per heavy atom. The Balaban J connectivity index is 3.16. The first-order chi connectivity index (χ1) is 4.18. The third-order valence-corrected chi connectivity index (χ3v) is 2.20. The molecule has 0 heterocycles. The third-order valence-electron chi connectivity index (χ3n) is 1.93. The number of hydrogen-bond acceptors (Lipinski definition) is 0. The van der Waals surface area contributed by atoms with Crippen LogP contribution < -0.4 is 0 Å². The van der Waals surface area contributed by atoms with E-state index in [0.717, 1.165) is 17.7 Å². The molecule has 1 atom stereocenters. The van der Waals surface area contributed by atoms with Crippen LogP contribution in [0.15, 0.2) is 0 Å². The Bertz CT molecular complexity index is 59.6. The molecule has 0 radical (unpaired) electrons. The van der Waals surface area contributed by atoms with Gasteiger partial charge in [-0.3, -0.25) is 0 Å². The van der Waals surface area contributed by atoms with Gasteiger partial charge in [0.25, 0.3) is 0 Å². The van der Waals surface area contributed by atoms with E-state index in [9.17, 15) is 0 Å². The van der Waals surface area contributed by atoms with Gasteiger partial charge in [-0.2, -0.15) is 0 Å². The Kier molecular flexibility index (Phi) is 5.27. The lowest BCUT2D eigenvalue weighted by Gasteiger charge is -2.13. The van der Waals surface area contributed by atoms with Crippen molar-refractivity contribution in [2.75, 3.05) is 5.88 Å². The van der Waals surface area contributed by atoms with Crippen molar-refractivity contribution < 1.29 is 0 Å². The maximum atomic E-state index is 5.55. The molecule has 0 aromatic rings. The van der Waals surface area contributed by atoms with Gasteiger partial charge in [0.2, 0.25) is 0 Å². The van der Waals surface area contributed by atoms with E-state index < -0.39 is 0 Å². The Labute approximate surface area is 63.6 Å². The van der Waals surface area contributed by atoms with Crippen molar-refractivity contribution >= 4 is 11.6 Å². The zero-order valence-corrected chi connectivity index (χ0v) is 7.41. The van der Waals surface area contributed by atoms with Crippen molar-refractivity contribution in [1.29, 1.82) is 0 Å². The standard InChI is InChI=1S/C8H17Cl/c1-7(2)8(3)5-4-6-9/h7-8H,4-6H2,1-3H3. The van der Waals surface area contributed by atoms with Crippen LogP contribution in [-0.4, -0.2) is 5.88 Å². The topological polar surface area (TPSA) is 0 Å². The number of rotatable bonds is 4. The summed E-state index contributed by atoms with van der Waals surface area (Å²) in [4.78, 5) is 0. The fraction of sp³-hybridized carbons (Fsp3) is 1.00. The zero-order chi connectivity index (χ0) is 7.28. The van der Waals surface area contributed by atoms with Gasteiger partial charge in [0.05, 0.1) is 0 Å². The highest BCUT2D eigenvalue weighted by atomic mass is 35.5. The first-order valence-electron chi connectivity index (χ1n) is 3.74. The van der Waals surface area contributed by atoms with E-state index in [1.54, 1.807) is 0 Å². The molecule has 0 nitrogen and oxygen atoms in total. The lowest BCUT2D eigenvalue weighted by Crippen LogP contribution is -2.03. The Morgan fingerprint density at radius 3 is 2.11 bits per heavy atom. The fourth-order valence-electron chi connectivity index (χ4n) is 0.732. The van der Waals surface area contributed by atoms with E-state index in [-0.39, 0.29) is 0 Å². The largest absolute Gasteiger partial charge is 0.127 e. The summed E-state index contributed by atoms with van der Waals surface area (Å²) in [5, 5.41) is 0. The smallest absolute Gasteiger partial charge is 0.0223 e. The third kappa shape index (κ3) is 4.77. The van der Waals surface area contributed by atoms with Crippen LogP contribution in [0.5, 0.6) is 0 Å². The van der Waals surface area contributed by atoms with E-state index in [1.807, 2.05) is 0 Å². The second kappa shape index (κ2) is 5.10. The van der Waals surface area contributed by atoms with Gasteiger partial charge in [-0.15, -0.1) is 11.6 Å². The van der Waals surface area contributed by atoms with Gasteiger partial charge in [0, 0.05) is 5.88 Å². The monoisotopic (exact) mass is 148 g/mol. The number of alkyl halides is 1. The molecule has 0 aromatic heterocycles. The quantitative estimate of drug-likeness (QED) is 0.537. The molecule has 0 saturated heterocycles. The minimum Gasteiger partial charge on any atom is -0.127 e. The molecule has 0 aliphatic carbocycles. The van der Waals surface area contributed by atoms with Crippen molar-refractivity contribution in [1.82, 2.24) is 0 Å². The molecule has 1 unspecified atom stereocenters. The summed E-state index contributed by atoms with van der Waals surface area (Å²) in [5.41, 5.74) is 0. The molecule has 0 bridgehead atoms. The molecule has 1 heteroatoms. The molecule has 0 spiro atoms. The van der Waals surface area contributed by atoms with Crippen LogP contribution in [0.2, 0.25) is 0 Å². The molecule has 0 amide bonds. The van der Waals surface area contributed by atoms with Crippen molar-refractivity contribution in [2.24, 2.45) is 11.8 Å². The summed E-state index contributed by atoms with van der Waals surface area (Å²) in [7, 11) is 0. The van der Waals surface area contributed by atoms with Gasteiger partial charge in [0.15, 0.2) is 0 Å². The zero-order valence-electron chi connectivity index (χ0n) is 6.65. The summed E-state index contributed by atoms with van der Waals surface area (Å²) < 4.78 is 0. The molecule has 0 aliphatic rings. The van der Waals surface area contributed by atoms with Gasteiger partial charge in [-0.25, -0.2) is 0 Å². The van der Waals surface area contributed by atoms with Crippen LogP contribution in [0.1, 0.15) is 33.6 Å². The maximum absolute atomic E-state index is 5.55. The number of hydrogen-bond donors (Lipinski definition) is 0. The molecule has 0 N–H and O–H groups in total. The van der Waals surface area contributed by atoms with Crippen molar-refractivity contribution in [3.05, 3.63) is 0 Å². The van der Waals surface area contributed by atoms with E-state index in [2.05, 4.69) is 20.8 Å². The predicted molar refractivity (Wildman–Crippen MR) is 44.0 cm³/mol. The average molecular weight is 149 g/mol. The molecular weight excluding hydrogens is 132 g/mol. The van der Waals surface area contributed by atoms with Gasteiger partial charge in [-0.1, -0.05) is 20.8 Å². The van der Waals surface area contributed by atoms with Gasteiger partial charge in [0.1, 0.15) is 0 Å². The van der Waals surface area contributed by atoms with Crippen molar-refractivity contribution in [3.8, 4) is 0 Å². The molecule has 0 rings (SSSR count). The highest BCUT2D eigenvalue weighted by molar-refractivity contribution is 6.17. The van der Waals surface area contributed by atoms with E-state index in [4.69, 9.17) is 11.6 Å².